The average Bonchev–Trinajstić information content (AvgIpc) is 3.79. The third-order valence-corrected chi connectivity index (χ3v) is 8.87. The molecule has 0 bridgehead atoms. The second kappa shape index (κ2) is 18.2. The lowest BCUT2D eigenvalue weighted by atomic mass is 9.99. The third-order valence-electron chi connectivity index (χ3n) is 8.31. The Hall–Kier alpha value is -3.86. The van der Waals surface area contributed by atoms with Gasteiger partial charge in [-0.2, -0.15) is 0 Å². The van der Waals surface area contributed by atoms with Crippen molar-refractivity contribution >= 4 is 29.1 Å². The molecule has 3 aromatic carbocycles. The fraction of sp³-hybridized carbons (Fsp3) is 0.459. The standard InChI is InChI=1S/C37H45Cl2N5O5/c1-25-18-33(38)36(34(39)19-25)49-17-16-48-31-12-8-27(9-13-31)20-26(2)37(45)44(30-10-11-30)24-29-21-28(6-4-14-46-3)22-32(23-29)47-15-5-7-35-40-42-43-41-35/h8-9,12-13,18-19,21-23,26,30H,4-7,10-11,14-17,20,24H2,1-3H3,(H,40,41,42,43). The van der Waals surface area contributed by atoms with E-state index in [9.17, 15) is 4.79 Å². The topological polar surface area (TPSA) is 112 Å². The number of carbonyl (C=O) groups is 1. The largest absolute Gasteiger partial charge is 0.494 e. The van der Waals surface area contributed by atoms with E-state index in [4.69, 9.17) is 42.1 Å². The highest BCUT2D eigenvalue weighted by atomic mass is 35.5. The molecular formula is C37H45Cl2N5O5. The molecule has 1 saturated carbocycles. The number of benzene rings is 3. The number of rotatable bonds is 20. The number of H-pyrrole nitrogens is 1. The molecule has 49 heavy (non-hydrogen) atoms. The minimum atomic E-state index is -0.170. The maximum absolute atomic E-state index is 13.9. The lowest BCUT2D eigenvalue weighted by Crippen LogP contribution is -2.37. The van der Waals surface area contributed by atoms with E-state index < -0.39 is 0 Å². The van der Waals surface area contributed by atoms with Crippen molar-refractivity contribution in [2.24, 2.45) is 5.92 Å². The second-order valence-corrected chi connectivity index (χ2v) is 13.4. The summed E-state index contributed by atoms with van der Waals surface area (Å²) in [5, 5.41) is 14.9. The van der Waals surface area contributed by atoms with E-state index in [1.807, 2.05) is 50.2 Å². The zero-order valence-electron chi connectivity index (χ0n) is 28.4. The molecule has 1 heterocycles. The van der Waals surface area contributed by atoms with Gasteiger partial charge in [0.15, 0.2) is 5.75 Å². The summed E-state index contributed by atoms with van der Waals surface area (Å²) in [6.07, 6.45) is 5.98. The number of hydrogen-bond donors (Lipinski definition) is 1. The van der Waals surface area contributed by atoms with Crippen molar-refractivity contribution < 1.29 is 23.7 Å². The molecule has 262 valence electrons. The average molecular weight is 711 g/mol. The summed E-state index contributed by atoms with van der Waals surface area (Å²) >= 11 is 12.5. The zero-order chi connectivity index (χ0) is 34.6. The number of nitrogens with zero attached hydrogens (tertiary/aromatic N) is 4. The monoisotopic (exact) mass is 709 g/mol. The minimum Gasteiger partial charge on any atom is -0.494 e. The Balaban J connectivity index is 1.14. The Morgan fingerprint density at radius 1 is 0.878 bits per heavy atom. The van der Waals surface area contributed by atoms with E-state index in [1.54, 1.807) is 7.11 Å². The van der Waals surface area contributed by atoms with E-state index in [-0.39, 0.29) is 17.9 Å². The van der Waals surface area contributed by atoms with Gasteiger partial charge in [-0.15, -0.1) is 5.10 Å². The van der Waals surface area contributed by atoms with Crippen LogP contribution in [0.15, 0.2) is 54.6 Å². The van der Waals surface area contributed by atoms with Crippen LogP contribution in [0.3, 0.4) is 0 Å². The summed E-state index contributed by atoms with van der Waals surface area (Å²) in [6.45, 7) is 6.37. The molecule has 5 rings (SSSR count). The van der Waals surface area contributed by atoms with Gasteiger partial charge >= 0.3 is 0 Å². The van der Waals surface area contributed by atoms with Gasteiger partial charge < -0.3 is 23.8 Å². The van der Waals surface area contributed by atoms with Gasteiger partial charge in [0.1, 0.15) is 30.5 Å². The number of halogens is 2. The number of aromatic nitrogens is 4. The normalized spacial score (nSPS) is 13.2. The van der Waals surface area contributed by atoms with Crippen molar-refractivity contribution in [3.05, 3.63) is 92.7 Å². The number of carbonyl (C=O) groups excluding carboxylic acids is 1. The summed E-state index contributed by atoms with van der Waals surface area (Å²) in [5.74, 6) is 2.74. The van der Waals surface area contributed by atoms with Crippen molar-refractivity contribution in [3.8, 4) is 17.2 Å². The first-order valence-corrected chi connectivity index (χ1v) is 17.6. The SMILES string of the molecule is COCCCc1cc(CN(C(=O)C(C)Cc2ccc(OCCOc3c(Cl)cc(C)cc3Cl)cc2)C2CC2)cc(OCCCc2nnn[nH]2)c1. The van der Waals surface area contributed by atoms with Gasteiger partial charge in [-0.25, -0.2) is 5.10 Å². The minimum absolute atomic E-state index is 0.168. The number of hydrogen-bond acceptors (Lipinski definition) is 8. The lowest BCUT2D eigenvalue weighted by molar-refractivity contribution is -0.136. The zero-order valence-corrected chi connectivity index (χ0v) is 29.9. The molecule has 1 aromatic heterocycles. The molecule has 1 aliphatic carbocycles. The molecule has 4 aromatic rings. The molecule has 1 amide bonds. The van der Waals surface area contributed by atoms with Gasteiger partial charge in [-0.05, 0) is 115 Å². The van der Waals surface area contributed by atoms with Crippen molar-refractivity contribution in [3.63, 3.8) is 0 Å². The number of aryl methyl sites for hydroxylation is 3. The first kappa shape index (κ1) is 36.4. The quantitative estimate of drug-likeness (QED) is 0.0957. The van der Waals surface area contributed by atoms with Crippen LogP contribution in [0.2, 0.25) is 10.0 Å². The highest BCUT2D eigenvalue weighted by molar-refractivity contribution is 6.37. The smallest absolute Gasteiger partial charge is 0.226 e. The predicted molar refractivity (Wildman–Crippen MR) is 190 cm³/mol. The Labute approximate surface area is 298 Å². The molecule has 0 saturated heterocycles. The molecule has 1 atom stereocenters. The van der Waals surface area contributed by atoms with Crippen LogP contribution < -0.4 is 14.2 Å². The van der Waals surface area contributed by atoms with Crippen LogP contribution in [0.25, 0.3) is 0 Å². The Morgan fingerprint density at radius 3 is 2.27 bits per heavy atom. The van der Waals surface area contributed by atoms with Gasteiger partial charge in [0, 0.05) is 38.6 Å². The molecule has 0 radical (unpaired) electrons. The molecule has 1 aliphatic rings. The van der Waals surface area contributed by atoms with Crippen molar-refractivity contribution in [2.75, 3.05) is 33.5 Å². The fourth-order valence-electron chi connectivity index (χ4n) is 5.73. The predicted octanol–water partition coefficient (Wildman–Crippen LogP) is 7.23. The van der Waals surface area contributed by atoms with Crippen LogP contribution in [0, 0.1) is 12.8 Å². The van der Waals surface area contributed by atoms with Crippen molar-refractivity contribution in [1.29, 1.82) is 0 Å². The van der Waals surface area contributed by atoms with Crippen LogP contribution in [0.1, 0.15) is 60.7 Å². The van der Waals surface area contributed by atoms with Crippen LogP contribution in [-0.4, -0.2) is 71.0 Å². The van der Waals surface area contributed by atoms with E-state index >= 15 is 0 Å². The first-order valence-electron chi connectivity index (χ1n) is 16.9. The molecule has 1 fully saturated rings. The summed E-state index contributed by atoms with van der Waals surface area (Å²) in [5.41, 5.74) is 4.31. The number of amides is 1. The molecule has 0 spiro atoms. The Morgan fingerprint density at radius 2 is 1.57 bits per heavy atom. The molecule has 12 heteroatoms. The van der Waals surface area contributed by atoms with Gasteiger partial charge in [0.2, 0.25) is 5.91 Å². The third kappa shape index (κ3) is 11.3. The van der Waals surface area contributed by atoms with Crippen LogP contribution >= 0.6 is 23.2 Å². The summed E-state index contributed by atoms with van der Waals surface area (Å²) in [4.78, 5) is 15.9. The number of ether oxygens (including phenoxy) is 4. The van der Waals surface area contributed by atoms with E-state index in [1.165, 1.54) is 5.56 Å². The first-order chi connectivity index (χ1) is 23.8. The molecule has 0 aliphatic heterocycles. The van der Waals surface area contributed by atoms with Crippen molar-refractivity contribution in [2.45, 2.75) is 71.4 Å². The van der Waals surface area contributed by atoms with Crippen LogP contribution in [0.4, 0.5) is 0 Å². The summed E-state index contributed by atoms with van der Waals surface area (Å²) in [7, 11) is 1.72. The number of methoxy groups -OCH3 is 1. The second-order valence-electron chi connectivity index (χ2n) is 12.6. The molecule has 1 unspecified atom stereocenters. The van der Waals surface area contributed by atoms with E-state index in [0.29, 0.717) is 61.6 Å². The van der Waals surface area contributed by atoms with Crippen LogP contribution in [0.5, 0.6) is 17.2 Å². The highest BCUT2D eigenvalue weighted by Crippen LogP contribution is 2.34. The highest BCUT2D eigenvalue weighted by Gasteiger charge is 2.34. The van der Waals surface area contributed by atoms with E-state index in [2.05, 4.69) is 43.7 Å². The lowest BCUT2D eigenvalue weighted by Gasteiger charge is -2.26. The Bertz CT molecular complexity index is 1610. The Kier molecular flexibility index (Phi) is 13.5. The van der Waals surface area contributed by atoms with Crippen LogP contribution in [-0.2, 0) is 35.3 Å². The molecular weight excluding hydrogens is 665 g/mol. The number of nitrogens with one attached hydrogen (secondary N) is 1. The fourth-order valence-corrected chi connectivity index (χ4v) is 6.43. The maximum atomic E-state index is 13.9. The molecule has 1 N–H and O–H groups in total. The summed E-state index contributed by atoms with van der Waals surface area (Å²) in [6, 6.07) is 18.1. The van der Waals surface area contributed by atoms with Gasteiger partial charge in [0.05, 0.1) is 16.7 Å². The number of aromatic amines is 1. The van der Waals surface area contributed by atoms with E-state index in [0.717, 1.165) is 66.1 Å². The van der Waals surface area contributed by atoms with Gasteiger partial charge in [0.25, 0.3) is 0 Å². The molecule has 10 nitrogen and oxygen atoms in total. The van der Waals surface area contributed by atoms with Crippen molar-refractivity contribution in [1.82, 2.24) is 25.5 Å². The van der Waals surface area contributed by atoms with Gasteiger partial charge in [-0.1, -0.05) is 48.3 Å². The maximum Gasteiger partial charge on any atom is 0.226 e. The van der Waals surface area contributed by atoms with Gasteiger partial charge in [-0.3, -0.25) is 4.79 Å². The summed E-state index contributed by atoms with van der Waals surface area (Å²) < 4.78 is 23.1. The number of tetrazole rings is 1.